The molecule has 1 aromatic heterocycles. The van der Waals surface area contributed by atoms with Crippen molar-refractivity contribution in [3.63, 3.8) is 0 Å². The van der Waals surface area contributed by atoms with Crippen molar-refractivity contribution in [2.24, 2.45) is 5.92 Å². The summed E-state index contributed by atoms with van der Waals surface area (Å²) in [6, 6.07) is 8.08. The fraction of sp³-hybridized carbons (Fsp3) is 0.556. The third-order valence-corrected chi connectivity index (χ3v) is 4.60. The Hall–Kier alpha value is -2.44. The molecule has 1 atom stereocenters. The molecule has 1 aliphatic heterocycles. The first-order chi connectivity index (χ1) is 12.1. The van der Waals surface area contributed by atoms with Gasteiger partial charge in [0.2, 0.25) is 5.91 Å². The first kappa shape index (κ1) is 17.4. The molecule has 25 heavy (non-hydrogen) atoms. The fourth-order valence-electron chi connectivity index (χ4n) is 3.16. The Morgan fingerprint density at radius 2 is 2.24 bits per heavy atom. The third-order valence-electron chi connectivity index (χ3n) is 4.60. The normalized spacial score (nSPS) is 17.5. The SMILES string of the molecule is Cc1cccc(OC[C@@H]2CCCN(C(=O)CCn3nnnc3C)C2)c1. The van der Waals surface area contributed by atoms with Crippen LogP contribution in [0.15, 0.2) is 24.3 Å². The predicted molar refractivity (Wildman–Crippen MR) is 93.1 cm³/mol. The number of hydrogen-bond donors (Lipinski definition) is 0. The number of ether oxygens (including phenoxy) is 1. The number of carbonyl (C=O) groups excluding carboxylic acids is 1. The number of hydrogen-bond acceptors (Lipinski definition) is 5. The van der Waals surface area contributed by atoms with Crippen molar-refractivity contribution in [3.8, 4) is 5.75 Å². The van der Waals surface area contributed by atoms with Crippen molar-refractivity contribution in [2.75, 3.05) is 19.7 Å². The van der Waals surface area contributed by atoms with Gasteiger partial charge < -0.3 is 9.64 Å². The van der Waals surface area contributed by atoms with Crippen molar-refractivity contribution >= 4 is 5.91 Å². The van der Waals surface area contributed by atoms with Crippen LogP contribution < -0.4 is 4.74 Å². The molecule has 2 aromatic rings. The average Bonchev–Trinajstić information content (AvgIpc) is 3.03. The minimum absolute atomic E-state index is 0.162. The number of rotatable bonds is 6. The van der Waals surface area contributed by atoms with E-state index in [0.717, 1.165) is 37.5 Å². The van der Waals surface area contributed by atoms with Crippen LogP contribution in [0.5, 0.6) is 5.75 Å². The van der Waals surface area contributed by atoms with E-state index in [1.807, 2.05) is 30.0 Å². The summed E-state index contributed by atoms with van der Waals surface area (Å²) in [5.41, 5.74) is 1.19. The summed E-state index contributed by atoms with van der Waals surface area (Å²) < 4.78 is 7.59. The number of carbonyl (C=O) groups is 1. The minimum atomic E-state index is 0.162. The molecule has 0 bridgehead atoms. The molecule has 0 spiro atoms. The zero-order valence-electron chi connectivity index (χ0n) is 14.9. The van der Waals surface area contributed by atoms with Crippen molar-refractivity contribution in [3.05, 3.63) is 35.7 Å². The van der Waals surface area contributed by atoms with Gasteiger partial charge in [-0.2, -0.15) is 0 Å². The summed E-state index contributed by atoms with van der Waals surface area (Å²) in [6.07, 6.45) is 2.55. The van der Waals surface area contributed by atoms with Gasteiger partial charge in [0.15, 0.2) is 0 Å². The summed E-state index contributed by atoms with van der Waals surface area (Å²) in [5.74, 6) is 2.18. The Labute approximate surface area is 148 Å². The Morgan fingerprint density at radius 3 is 3.00 bits per heavy atom. The van der Waals surface area contributed by atoms with Crippen LogP contribution in [-0.2, 0) is 11.3 Å². The molecule has 0 unspecified atom stereocenters. The predicted octanol–water partition coefficient (Wildman–Crippen LogP) is 2.00. The lowest BCUT2D eigenvalue weighted by atomic mass is 9.98. The molecule has 0 saturated carbocycles. The maximum atomic E-state index is 12.5. The maximum Gasteiger partial charge on any atom is 0.224 e. The van der Waals surface area contributed by atoms with Crippen LogP contribution in [0.1, 0.15) is 30.7 Å². The number of amides is 1. The van der Waals surface area contributed by atoms with E-state index < -0.39 is 0 Å². The lowest BCUT2D eigenvalue weighted by molar-refractivity contribution is -0.133. The van der Waals surface area contributed by atoms with E-state index in [2.05, 4.69) is 28.5 Å². The Kier molecular flexibility index (Phi) is 5.63. The summed E-state index contributed by atoms with van der Waals surface area (Å²) >= 11 is 0. The lowest BCUT2D eigenvalue weighted by Crippen LogP contribution is -2.41. The molecule has 3 rings (SSSR count). The Balaban J connectivity index is 1.47. The van der Waals surface area contributed by atoms with Gasteiger partial charge in [-0.05, 0) is 54.8 Å². The topological polar surface area (TPSA) is 73.1 Å². The summed E-state index contributed by atoms with van der Waals surface area (Å²) in [5, 5.41) is 11.3. The molecule has 0 N–H and O–H groups in total. The van der Waals surface area contributed by atoms with Crippen LogP contribution in [0, 0.1) is 19.8 Å². The van der Waals surface area contributed by atoms with Crippen molar-refractivity contribution in [2.45, 2.75) is 39.7 Å². The largest absolute Gasteiger partial charge is 0.493 e. The van der Waals surface area contributed by atoms with Crippen LogP contribution in [0.2, 0.25) is 0 Å². The summed E-state index contributed by atoms with van der Waals surface area (Å²) in [7, 11) is 0. The molecule has 1 amide bonds. The van der Waals surface area contributed by atoms with Crippen molar-refractivity contribution in [1.82, 2.24) is 25.1 Å². The molecule has 1 saturated heterocycles. The van der Waals surface area contributed by atoms with Crippen molar-refractivity contribution in [1.29, 1.82) is 0 Å². The number of piperidine rings is 1. The zero-order valence-corrected chi connectivity index (χ0v) is 14.9. The molecule has 0 aliphatic carbocycles. The van der Waals surface area contributed by atoms with Crippen molar-refractivity contribution < 1.29 is 9.53 Å². The molecule has 1 aliphatic rings. The highest BCUT2D eigenvalue weighted by atomic mass is 16.5. The number of nitrogens with zero attached hydrogens (tertiary/aromatic N) is 5. The van der Waals surface area contributed by atoms with Gasteiger partial charge in [-0.1, -0.05) is 12.1 Å². The van der Waals surface area contributed by atoms with E-state index in [4.69, 9.17) is 4.74 Å². The number of likely N-dealkylation sites (tertiary alicyclic amines) is 1. The van der Waals surface area contributed by atoms with E-state index in [1.165, 1.54) is 5.56 Å². The first-order valence-electron chi connectivity index (χ1n) is 8.82. The molecule has 7 nitrogen and oxygen atoms in total. The van der Waals surface area contributed by atoms with Gasteiger partial charge in [-0.3, -0.25) is 4.79 Å². The Bertz CT molecular complexity index is 715. The molecule has 7 heteroatoms. The number of aromatic nitrogens is 4. The van der Waals surface area contributed by atoms with Gasteiger partial charge in [0, 0.05) is 25.4 Å². The first-order valence-corrected chi connectivity index (χ1v) is 8.82. The van der Waals surface area contributed by atoms with Crippen LogP contribution in [0.4, 0.5) is 0 Å². The molecule has 0 radical (unpaired) electrons. The third kappa shape index (κ3) is 4.78. The smallest absolute Gasteiger partial charge is 0.224 e. The Morgan fingerprint density at radius 1 is 1.36 bits per heavy atom. The molecular weight excluding hydrogens is 318 g/mol. The average molecular weight is 343 g/mol. The van der Waals surface area contributed by atoms with Gasteiger partial charge in [0.1, 0.15) is 11.6 Å². The second kappa shape index (κ2) is 8.09. The molecule has 1 aromatic carbocycles. The maximum absolute atomic E-state index is 12.5. The van der Waals surface area contributed by atoms with Crippen LogP contribution in [0.3, 0.4) is 0 Å². The van der Waals surface area contributed by atoms with E-state index in [9.17, 15) is 4.79 Å². The van der Waals surface area contributed by atoms with Gasteiger partial charge in [0.05, 0.1) is 13.2 Å². The van der Waals surface area contributed by atoms with E-state index in [1.54, 1.807) is 4.68 Å². The summed E-state index contributed by atoms with van der Waals surface area (Å²) in [4.78, 5) is 14.4. The van der Waals surface area contributed by atoms with Gasteiger partial charge in [0.25, 0.3) is 0 Å². The molecule has 2 heterocycles. The standard InChI is InChI=1S/C18H25N5O2/c1-14-5-3-7-17(11-14)25-13-16-6-4-9-22(12-16)18(24)8-10-23-15(2)19-20-21-23/h3,5,7,11,16H,4,6,8-10,12-13H2,1-2H3/t16-/m1/s1. The lowest BCUT2D eigenvalue weighted by Gasteiger charge is -2.32. The van der Waals surface area contributed by atoms with Gasteiger partial charge in [-0.25, -0.2) is 4.68 Å². The highest BCUT2D eigenvalue weighted by Crippen LogP contribution is 2.20. The number of aryl methyl sites for hydroxylation is 3. The highest BCUT2D eigenvalue weighted by molar-refractivity contribution is 5.76. The quantitative estimate of drug-likeness (QED) is 0.802. The number of benzene rings is 1. The van der Waals surface area contributed by atoms with E-state index >= 15 is 0 Å². The molecular formula is C18H25N5O2. The van der Waals surface area contributed by atoms with Crippen LogP contribution >= 0.6 is 0 Å². The minimum Gasteiger partial charge on any atom is -0.493 e. The second-order valence-corrected chi connectivity index (χ2v) is 6.67. The van der Waals surface area contributed by atoms with E-state index in [-0.39, 0.29) is 5.91 Å². The van der Waals surface area contributed by atoms with Crippen LogP contribution in [0.25, 0.3) is 0 Å². The zero-order chi connectivity index (χ0) is 17.6. The highest BCUT2D eigenvalue weighted by Gasteiger charge is 2.24. The molecule has 1 fully saturated rings. The second-order valence-electron chi connectivity index (χ2n) is 6.67. The fourth-order valence-corrected chi connectivity index (χ4v) is 3.16. The number of tetrazole rings is 1. The van der Waals surface area contributed by atoms with Gasteiger partial charge in [-0.15, -0.1) is 5.10 Å². The monoisotopic (exact) mass is 343 g/mol. The van der Waals surface area contributed by atoms with Gasteiger partial charge >= 0.3 is 0 Å². The molecule has 134 valence electrons. The van der Waals surface area contributed by atoms with Crippen LogP contribution in [-0.4, -0.2) is 50.7 Å². The van der Waals surface area contributed by atoms with E-state index in [0.29, 0.717) is 25.5 Å². The summed E-state index contributed by atoms with van der Waals surface area (Å²) in [6.45, 7) is 6.66.